The average Bonchev–Trinajstić information content (AvgIpc) is 2.84. The van der Waals surface area contributed by atoms with Crippen LogP contribution in [0.15, 0.2) is 24.3 Å². The second kappa shape index (κ2) is 7.43. The number of nitrogens with one attached hydrogen (secondary N) is 1. The van der Waals surface area contributed by atoms with Gasteiger partial charge >= 0.3 is 0 Å². The molecular weight excluding hydrogens is 290 g/mol. The van der Waals surface area contributed by atoms with Crippen LogP contribution in [0.3, 0.4) is 0 Å². The number of hydrogen-bond acceptors (Lipinski definition) is 3. The number of carbonyl (C=O) groups is 2. The summed E-state index contributed by atoms with van der Waals surface area (Å²) in [7, 11) is 0. The molecule has 0 aliphatic carbocycles. The Balaban J connectivity index is 0.00000220. The van der Waals surface area contributed by atoms with Crippen LogP contribution in [0.25, 0.3) is 0 Å². The van der Waals surface area contributed by atoms with Gasteiger partial charge in [0.1, 0.15) is 0 Å². The Morgan fingerprint density at radius 1 is 1.38 bits per heavy atom. The van der Waals surface area contributed by atoms with E-state index < -0.39 is 0 Å². The van der Waals surface area contributed by atoms with Crippen molar-refractivity contribution in [1.29, 1.82) is 0 Å². The van der Waals surface area contributed by atoms with Crippen LogP contribution in [-0.4, -0.2) is 24.4 Å². The van der Waals surface area contributed by atoms with Crippen molar-refractivity contribution in [3.05, 3.63) is 24.3 Å². The maximum Gasteiger partial charge on any atom is 0.228 e. The normalized spacial score (nSPS) is 17.1. The van der Waals surface area contributed by atoms with Crippen molar-refractivity contribution in [1.82, 2.24) is 0 Å². The van der Waals surface area contributed by atoms with Gasteiger partial charge in [-0.1, -0.05) is 13.0 Å². The van der Waals surface area contributed by atoms with Gasteiger partial charge in [-0.3, -0.25) is 9.59 Å². The molecule has 0 radical (unpaired) electrons. The maximum atomic E-state index is 12.0. The fourth-order valence-corrected chi connectivity index (χ4v) is 2.17. The van der Waals surface area contributed by atoms with Crippen LogP contribution in [0.2, 0.25) is 0 Å². The van der Waals surface area contributed by atoms with Gasteiger partial charge in [-0.05, 0) is 31.5 Å². The van der Waals surface area contributed by atoms with Gasteiger partial charge in [0, 0.05) is 30.4 Å². The number of anilines is 2. The first-order chi connectivity index (χ1) is 9.49. The molecule has 1 aliphatic heterocycles. The van der Waals surface area contributed by atoms with Gasteiger partial charge in [0.25, 0.3) is 0 Å². The molecule has 21 heavy (non-hydrogen) atoms. The summed E-state index contributed by atoms with van der Waals surface area (Å²) < 4.78 is 0. The first kappa shape index (κ1) is 17.5. The fourth-order valence-electron chi connectivity index (χ4n) is 2.17. The molecule has 2 atom stereocenters. The van der Waals surface area contributed by atoms with E-state index in [-0.39, 0.29) is 36.2 Å². The predicted molar refractivity (Wildman–Crippen MR) is 86.7 cm³/mol. The van der Waals surface area contributed by atoms with Crippen molar-refractivity contribution in [2.24, 2.45) is 11.7 Å². The van der Waals surface area contributed by atoms with Crippen LogP contribution in [0.1, 0.15) is 26.7 Å². The molecule has 1 fully saturated rings. The molecule has 6 heteroatoms. The maximum absolute atomic E-state index is 12.0. The van der Waals surface area contributed by atoms with Crippen molar-refractivity contribution in [2.45, 2.75) is 32.7 Å². The van der Waals surface area contributed by atoms with E-state index >= 15 is 0 Å². The minimum Gasteiger partial charge on any atom is -0.327 e. The largest absolute Gasteiger partial charge is 0.327 e. The summed E-state index contributed by atoms with van der Waals surface area (Å²) in [5.41, 5.74) is 7.25. The lowest BCUT2D eigenvalue weighted by atomic mass is 10.0. The van der Waals surface area contributed by atoms with E-state index in [1.54, 1.807) is 11.8 Å². The molecule has 1 aliphatic rings. The van der Waals surface area contributed by atoms with Crippen molar-refractivity contribution >= 4 is 35.6 Å². The lowest BCUT2D eigenvalue weighted by molar-refractivity contribution is -0.120. The summed E-state index contributed by atoms with van der Waals surface area (Å²) in [6, 6.07) is 7.17. The smallest absolute Gasteiger partial charge is 0.228 e. The summed E-state index contributed by atoms with van der Waals surface area (Å²) in [4.78, 5) is 25.5. The van der Waals surface area contributed by atoms with Crippen molar-refractivity contribution in [3.8, 4) is 0 Å². The number of halogens is 1. The van der Waals surface area contributed by atoms with E-state index in [2.05, 4.69) is 5.32 Å². The Labute approximate surface area is 131 Å². The molecule has 0 saturated carbocycles. The SMILES string of the molecule is CC(N)C(C)C(=O)Nc1cccc(N2CCCC2=O)c1.Cl. The van der Waals surface area contributed by atoms with E-state index in [9.17, 15) is 9.59 Å². The Kier molecular flexibility index (Phi) is 6.18. The summed E-state index contributed by atoms with van der Waals surface area (Å²) in [6.07, 6.45) is 1.48. The number of amides is 2. The molecule has 2 unspecified atom stereocenters. The van der Waals surface area contributed by atoms with Crippen LogP contribution < -0.4 is 16.0 Å². The Hall–Kier alpha value is -1.59. The number of hydrogen-bond donors (Lipinski definition) is 2. The highest BCUT2D eigenvalue weighted by atomic mass is 35.5. The first-order valence-corrected chi connectivity index (χ1v) is 6.96. The topological polar surface area (TPSA) is 75.4 Å². The summed E-state index contributed by atoms with van der Waals surface area (Å²) in [6.45, 7) is 4.35. The van der Waals surface area contributed by atoms with Crippen LogP contribution in [0.5, 0.6) is 0 Å². The van der Waals surface area contributed by atoms with Crippen molar-refractivity contribution in [3.63, 3.8) is 0 Å². The van der Waals surface area contributed by atoms with Gasteiger partial charge in [0.15, 0.2) is 0 Å². The minimum absolute atomic E-state index is 0. The van der Waals surface area contributed by atoms with Crippen molar-refractivity contribution in [2.75, 3.05) is 16.8 Å². The Morgan fingerprint density at radius 2 is 2.10 bits per heavy atom. The second-order valence-electron chi connectivity index (χ2n) is 5.34. The third-order valence-electron chi connectivity index (χ3n) is 3.70. The lowest BCUT2D eigenvalue weighted by Gasteiger charge is -2.18. The highest BCUT2D eigenvalue weighted by Gasteiger charge is 2.22. The Bertz CT molecular complexity index is 519. The Morgan fingerprint density at radius 3 is 2.67 bits per heavy atom. The van der Waals surface area contributed by atoms with Crippen LogP contribution in [0, 0.1) is 5.92 Å². The second-order valence-corrected chi connectivity index (χ2v) is 5.34. The zero-order chi connectivity index (χ0) is 14.7. The number of nitrogens with zero attached hydrogens (tertiary/aromatic N) is 1. The number of benzene rings is 1. The zero-order valence-electron chi connectivity index (χ0n) is 12.3. The quantitative estimate of drug-likeness (QED) is 0.894. The van der Waals surface area contributed by atoms with Gasteiger partial charge in [0.05, 0.1) is 5.92 Å². The molecule has 2 amide bonds. The average molecular weight is 312 g/mol. The minimum atomic E-state index is -0.257. The number of nitrogens with two attached hydrogens (primary N) is 1. The molecule has 0 bridgehead atoms. The standard InChI is InChI=1S/C15H21N3O2.ClH/c1-10(11(2)16)15(20)17-12-5-3-6-13(9-12)18-8-4-7-14(18)19;/h3,5-6,9-11H,4,7-8,16H2,1-2H3,(H,17,20);1H. The van der Waals surface area contributed by atoms with E-state index in [0.29, 0.717) is 12.1 Å². The first-order valence-electron chi connectivity index (χ1n) is 6.96. The molecule has 1 heterocycles. The molecule has 1 aromatic rings. The van der Waals surface area contributed by atoms with Crippen LogP contribution in [-0.2, 0) is 9.59 Å². The summed E-state index contributed by atoms with van der Waals surface area (Å²) >= 11 is 0. The molecule has 5 nitrogen and oxygen atoms in total. The third-order valence-corrected chi connectivity index (χ3v) is 3.70. The molecule has 0 aromatic heterocycles. The molecular formula is C15H22ClN3O2. The van der Waals surface area contributed by atoms with E-state index in [4.69, 9.17) is 5.73 Å². The molecule has 3 N–H and O–H groups in total. The highest BCUT2D eigenvalue weighted by Crippen LogP contribution is 2.24. The number of rotatable bonds is 4. The van der Waals surface area contributed by atoms with Gasteiger partial charge in [-0.2, -0.15) is 0 Å². The lowest BCUT2D eigenvalue weighted by Crippen LogP contribution is -2.34. The zero-order valence-corrected chi connectivity index (χ0v) is 13.2. The summed E-state index contributed by atoms with van der Waals surface area (Å²) in [5.74, 6) is -0.227. The third kappa shape index (κ3) is 4.19. The highest BCUT2D eigenvalue weighted by molar-refractivity contribution is 5.97. The predicted octanol–water partition coefficient (Wildman–Crippen LogP) is 2.16. The van der Waals surface area contributed by atoms with Crippen LogP contribution >= 0.6 is 12.4 Å². The molecule has 2 rings (SSSR count). The van der Waals surface area contributed by atoms with Gasteiger partial charge in [-0.15, -0.1) is 12.4 Å². The molecule has 0 spiro atoms. The summed E-state index contributed by atoms with van der Waals surface area (Å²) in [5, 5.41) is 2.84. The van der Waals surface area contributed by atoms with Gasteiger partial charge in [0.2, 0.25) is 11.8 Å². The molecule has 116 valence electrons. The van der Waals surface area contributed by atoms with E-state index in [0.717, 1.165) is 18.7 Å². The molecule has 1 saturated heterocycles. The number of carbonyl (C=O) groups excluding carboxylic acids is 2. The van der Waals surface area contributed by atoms with Gasteiger partial charge in [-0.25, -0.2) is 0 Å². The van der Waals surface area contributed by atoms with E-state index in [1.807, 2.05) is 31.2 Å². The monoisotopic (exact) mass is 311 g/mol. The van der Waals surface area contributed by atoms with Gasteiger partial charge < -0.3 is 16.0 Å². The fraction of sp³-hybridized carbons (Fsp3) is 0.467. The van der Waals surface area contributed by atoms with E-state index in [1.165, 1.54) is 0 Å². The molecule has 1 aromatic carbocycles. The van der Waals surface area contributed by atoms with Crippen LogP contribution in [0.4, 0.5) is 11.4 Å². The van der Waals surface area contributed by atoms with Crippen molar-refractivity contribution < 1.29 is 9.59 Å².